The van der Waals surface area contributed by atoms with Gasteiger partial charge in [-0.05, 0) is 36.3 Å². The second-order valence-electron chi connectivity index (χ2n) is 5.70. The Balaban J connectivity index is 2.08. The molecule has 6 heteroatoms. The van der Waals surface area contributed by atoms with Crippen molar-refractivity contribution < 1.29 is 28.9 Å². The summed E-state index contributed by atoms with van der Waals surface area (Å²) in [6, 6.07) is 6.71. The van der Waals surface area contributed by atoms with Crippen LogP contribution in [-0.2, 0) is 0 Å². The van der Waals surface area contributed by atoms with E-state index >= 15 is 0 Å². The summed E-state index contributed by atoms with van der Waals surface area (Å²) in [5.41, 5.74) is 1.66. The number of methoxy groups -OCH3 is 2. The second kappa shape index (κ2) is 6.84. The van der Waals surface area contributed by atoms with E-state index in [0.29, 0.717) is 16.5 Å². The molecule has 2 aromatic carbocycles. The van der Waals surface area contributed by atoms with Gasteiger partial charge in [0.2, 0.25) is 5.75 Å². The van der Waals surface area contributed by atoms with E-state index in [4.69, 9.17) is 13.9 Å². The number of aryl methyl sites for hydroxylation is 1. The van der Waals surface area contributed by atoms with Gasteiger partial charge in [-0.25, -0.2) is 0 Å². The Morgan fingerprint density at radius 3 is 2.50 bits per heavy atom. The van der Waals surface area contributed by atoms with Crippen molar-refractivity contribution in [2.75, 3.05) is 14.2 Å². The summed E-state index contributed by atoms with van der Waals surface area (Å²) < 4.78 is 15.9. The van der Waals surface area contributed by atoms with Crippen molar-refractivity contribution in [3.63, 3.8) is 0 Å². The van der Waals surface area contributed by atoms with Gasteiger partial charge < -0.3 is 24.1 Å². The van der Waals surface area contributed by atoms with E-state index < -0.39 is 5.78 Å². The van der Waals surface area contributed by atoms with E-state index in [1.165, 1.54) is 26.6 Å². The zero-order valence-corrected chi connectivity index (χ0v) is 14.6. The maximum atomic E-state index is 12.7. The summed E-state index contributed by atoms with van der Waals surface area (Å²) in [6.45, 7) is 1.78. The number of phenolic OH excluding ortho intramolecular Hbond substituents is 2. The molecule has 0 bridgehead atoms. The van der Waals surface area contributed by atoms with Crippen molar-refractivity contribution in [3.05, 3.63) is 53.3 Å². The zero-order valence-electron chi connectivity index (χ0n) is 14.6. The van der Waals surface area contributed by atoms with Gasteiger partial charge in [0.1, 0.15) is 17.1 Å². The van der Waals surface area contributed by atoms with E-state index in [-0.39, 0.29) is 28.6 Å². The smallest absolute Gasteiger partial charge is 0.205 e. The van der Waals surface area contributed by atoms with Crippen LogP contribution < -0.4 is 9.47 Å². The van der Waals surface area contributed by atoms with Gasteiger partial charge in [0.05, 0.1) is 25.9 Å². The molecule has 0 aliphatic rings. The fourth-order valence-corrected chi connectivity index (χ4v) is 2.74. The third-order valence-electron chi connectivity index (χ3n) is 4.11. The maximum absolute atomic E-state index is 12.7. The first kappa shape index (κ1) is 17.4. The van der Waals surface area contributed by atoms with Crippen molar-refractivity contribution in [1.82, 2.24) is 0 Å². The molecule has 3 rings (SSSR count). The van der Waals surface area contributed by atoms with Crippen LogP contribution in [0.25, 0.3) is 17.0 Å². The molecule has 3 aromatic rings. The van der Waals surface area contributed by atoms with Crippen LogP contribution in [0.1, 0.15) is 21.5 Å². The van der Waals surface area contributed by atoms with E-state index in [1.807, 2.05) is 0 Å². The van der Waals surface area contributed by atoms with Crippen LogP contribution in [0.5, 0.6) is 23.0 Å². The van der Waals surface area contributed by atoms with Crippen molar-refractivity contribution in [2.45, 2.75) is 6.92 Å². The van der Waals surface area contributed by atoms with Crippen LogP contribution >= 0.6 is 0 Å². The standard InChI is InChI=1S/C20H18O6/c1-11-4-5-12(10-15(11)22)6-7-14(21)16-17(23)20(25-3)19-13(8-9-26-19)18(16)24-2/h4-10,22-23H,1-3H3/b7-6+. The van der Waals surface area contributed by atoms with Gasteiger partial charge in [-0.2, -0.15) is 0 Å². The van der Waals surface area contributed by atoms with Gasteiger partial charge >= 0.3 is 0 Å². The third-order valence-corrected chi connectivity index (χ3v) is 4.11. The number of allylic oxidation sites excluding steroid dienone is 1. The first-order valence-corrected chi connectivity index (χ1v) is 7.84. The summed E-state index contributed by atoms with van der Waals surface area (Å²) in [7, 11) is 2.79. The molecular weight excluding hydrogens is 336 g/mol. The Hall–Kier alpha value is -3.41. The molecule has 0 aliphatic heterocycles. The number of hydrogen-bond donors (Lipinski definition) is 2. The van der Waals surface area contributed by atoms with Gasteiger partial charge in [0, 0.05) is 0 Å². The molecule has 1 aromatic heterocycles. The number of fused-ring (bicyclic) bond motifs is 1. The third kappa shape index (κ3) is 2.86. The molecule has 0 saturated carbocycles. The van der Waals surface area contributed by atoms with Crippen LogP contribution in [0.3, 0.4) is 0 Å². The molecule has 2 N–H and O–H groups in total. The topological polar surface area (TPSA) is 89.1 Å². The molecule has 0 unspecified atom stereocenters. The maximum Gasteiger partial charge on any atom is 0.205 e. The Kier molecular flexibility index (Phi) is 4.58. The monoisotopic (exact) mass is 354 g/mol. The van der Waals surface area contributed by atoms with Crippen LogP contribution in [0, 0.1) is 6.92 Å². The number of rotatable bonds is 5. The average molecular weight is 354 g/mol. The minimum atomic E-state index is -0.471. The van der Waals surface area contributed by atoms with Gasteiger partial charge in [0.15, 0.2) is 17.1 Å². The Labute approximate surface area is 149 Å². The number of phenols is 2. The molecule has 1 heterocycles. The van der Waals surface area contributed by atoms with Gasteiger partial charge in [-0.1, -0.05) is 18.2 Å². The van der Waals surface area contributed by atoms with E-state index in [9.17, 15) is 15.0 Å². The molecule has 6 nitrogen and oxygen atoms in total. The fraction of sp³-hybridized carbons (Fsp3) is 0.150. The number of aromatic hydroxyl groups is 2. The summed E-state index contributed by atoms with van der Waals surface area (Å²) in [5.74, 6) is -0.417. The van der Waals surface area contributed by atoms with Crippen molar-refractivity contribution in [3.8, 4) is 23.0 Å². The van der Waals surface area contributed by atoms with Crippen LogP contribution in [0.4, 0.5) is 0 Å². The lowest BCUT2D eigenvalue weighted by atomic mass is 10.0. The first-order chi connectivity index (χ1) is 12.5. The van der Waals surface area contributed by atoms with Crippen molar-refractivity contribution in [1.29, 1.82) is 0 Å². The Morgan fingerprint density at radius 2 is 1.85 bits per heavy atom. The Bertz CT molecular complexity index is 1010. The zero-order chi connectivity index (χ0) is 18.8. The molecule has 26 heavy (non-hydrogen) atoms. The summed E-state index contributed by atoms with van der Waals surface area (Å²) in [6.07, 6.45) is 4.27. The number of furan rings is 1. The highest BCUT2D eigenvalue weighted by molar-refractivity contribution is 6.15. The SMILES string of the molecule is COc1c(C(=O)/C=C/c2ccc(C)c(O)c2)c(O)c(OC)c2occc12. The molecule has 0 amide bonds. The summed E-state index contributed by atoms with van der Waals surface area (Å²) in [5, 5.41) is 20.8. The summed E-state index contributed by atoms with van der Waals surface area (Å²) >= 11 is 0. The lowest BCUT2D eigenvalue weighted by molar-refractivity contribution is 0.104. The van der Waals surface area contributed by atoms with Gasteiger partial charge in [-0.3, -0.25) is 4.79 Å². The predicted octanol–water partition coefficient (Wildman–Crippen LogP) is 4.07. The largest absolute Gasteiger partial charge is 0.508 e. The first-order valence-electron chi connectivity index (χ1n) is 7.84. The van der Waals surface area contributed by atoms with E-state index in [0.717, 1.165) is 5.56 Å². The van der Waals surface area contributed by atoms with Gasteiger partial charge in [0.25, 0.3) is 0 Å². The molecule has 0 aliphatic carbocycles. The van der Waals surface area contributed by atoms with E-state index in [1.54, 1.807) is 37.3 Å². The number of ketones is 1. The second-order valence-corrected chi connectivity index (χ2v) is 5.70. The molecule has 0 spiro atoms. The molecule has 0 saturated heterocycles. The molecule has 0 atom stereocenters. The number of benzene rings is 2. The average Bonchev–Trinajstić information content (AvgIpc) is 3.10. The van der Waals surface area contributed by atoms with Crippen LogP contribution in [0.15, 0.2) is 41.0 Å². The number of carbonyl (C=O) groups is 1. The lowest BCUT2D eigenvalue weighted by Crippen LogP contribution is -2.02. The normalized spacial score (nSPS) is 11.2. The summed E-state index contributed by atoms with van der Waals surface area (Å²) in [4.78, 5) is 12.7. The number of hydrogen-bond acceptors (Lipinski definition) is 6. The molecule has 0 radical (unpaired) electrons. The highest BCUT2D eigenvalue weighted by Gasteiger charge is 2.26. The highest BCUT2D eigenvalue weighted by atomic mass is 16.5. The van der Waals surface area contributed by atoms with Crippen molar-refractivity contribution in [2.24, 2.45) is 0 Å². The van der Waals surface area contributed by atoms with Crippen molar-refractivity contribution >= 4 is 22.8 Å². The van der Waals surface area contributed by atoms with Gasteiger partial charge in [-0.15, -0.1) is 0 Å². The minimum Gasteiger partial charge on any atom is -0.508 e. The molecule has 134 valence electrons. The highest BCUT2D eigenvalue weighted by Crippen LogP contribution is 2.45. The number of carbonyl (C=O) groups excluding carboxylic acids is 1. The quantitative estimate of drug-likeness (QED) is 0.530. The minimum absolute atomic E-state index is 0.0224. The Morgan fingerprint density at radius 1 is 1.12 bits per heavy atom. The van der Waals surface area contributed by atoms with E-state index in [2.05, 4.69) is 0 Å². The van der Waals surface area contributed by atoms with Crippen LogP contribution in [0.2, 0.25) is 0 Å². The fourth-order valence-electron chi connectivity index (χ4n) is 2.74. The predicted molar refractivity (Wildman–Crippen MR) is 97.2 cm³/mol. The lowest BCUT2D eigenvalue weighted by Gasteiger charge is -2.13. The number of ether oxygens (including phenoxy) is 2. The molecule has 0 fully saturated rings. The molecular formula is C20H18O6. The van der Waals surface area contributed by atoms with Crippen LogP contribution in [-0.4, -0.2) is 30.2 Å².